The van der Waals surface area contributed by atoms with E-state index in [1.165, 1.54) is 0 Å². The number of hydrogen-bond donors (Lipinski definition) is 1. The van der Waals surface area contributed by atoms with Crippen LogP contribution in [-0.4, -0.2) is 34.4 Å². The lowest BCUT2D eigenvalue weighted by Crippen LogP contribution is -2.27. The number of unbranched alkanes of at least 4 members (excludes halogenated alkanes) is 1. The second-order valence-corrected chi connectivity index (χ2v) is 6.32. The standard InChI is InChI=1S/C17H21BrN4O/c1-4-5-8-22(3)16(23)13-10-19-17(20-11-13)21-14-7-6-12(2)15(18)9-14/h6-7,9-11H,4-5,8H2,1-3H3,(H,19,20,21). The van der Waals surface area contributed by atoms with Gasteiger partial charge >= 0.3 is 0 Å². The Morgan fingerprint density at radius 1 is 1.30 bits per heavy atom. The summed E-state index contributed by atoms with van der Waals surface area (Å²) in [5.41, 5.74) is 2.55. The molecule has 0 radical (unpaired) electrons. The molecule has 0 spiro atoms. The highest BCUT2D eigenvalue weighted by molar-refractivity contribution is 9.10. The highest BCUT2D eigenvalue weighted by atomic mass is 79.9. The zero-order valence-corrected chi connectivity index (χ0v) is 15.2. The minimum absolute atomic E-state index is 0.0527. The number of halogens is 1. The molecule has 6 heteroatoms. The molecule has 1 amide bonds. The fourth-order valence-corrected chi connectivity index (χ4v) is 2.40. The summed E-state index contributed by atoms with van der Waals surface area (Å²) < 4.78 is 1.02. The normalized spacial score (nSPS) is 10.4. The average Bonchev–Trinajstić information content (AvgIpc) is 2.56. The predicted octanol–water partition coefficient (Wildman–Crippen LogP) is 4.16. The van der Waals surface area contributed by atoms with Crippen molar-refractivity contribution in [3.8, 4) is 0 Å². The van der Waals surface area contributed by atoms with Crippen LogP contribution in [-0.2, 0) is 0 Å². The fraction of sp³-hybridized carbons (Fsp3) is 0.353. The lowest BCUT2D eigenvalue weighted by Gasteiger charge is -2.16. The lowest BCUT2D eigenvalue weighted by molar-refractivity contribution is 0.0792. The summed E-state index contributed by atoms with van der Waals surface area (Å²) in [5, 5.41) is 3.12. The number of aromatic nitrogens is 2. The van der Waals surface area contributed by atoms with Gasteiger partial charge in [0, 0.05) is 36.1 Å². The van der Waals surface area contributed by atoms with E-state index in [-0.39, 0.29) is 5.91 Å². The molecule has 0 bridgehead atoms. The minimum Gasteiger partial charge on any atom is -0.342 e. The monoisotopic (exact) mass is 376 g/mol. The van der Waals surface area contributed by atoms with Gasteiger partial charge in [0.05, 0.1) is 5.56 Å². The molecule has 0 unspecified atom stereocenters. The number of carbonyl (C=O) groups is 1. The maximum atomic E-state index is 12.2. The number of benzene rings is 1. The maximum absolute atomic E-state index is 12.2. The zero-order chi connectivity index (χ0) is 16.8. The summed E-state index contributed by atoms with van der Waals surface area (Å²) in [4.78, 5) is 22.4. The quantitative estimate of drug-likeness (QED) is 0.821. The third kappa shape index (κ3) is 4.76. The number of rotatable bonds is 6. The van der Waals surface area contributed by atoms with E-state index in [4.69, 9.17) is 0 Å². The first-order valence-corrected chi connectivity index (χ1v) is 8.41. The smallest absolute Gasteiger partial charge is 0.256 e. The minimum atomic E-state index is -0.0527. The third-order valence-corrected chi connectivity index (χ3v) is 4.37. The molecule has 1 N–H and O–H groups in total. The van der Waals surface area contributed by atoms with Gasteiger partial charge in [0.1, 0.15) is 0 Å². The van der Waals surface area contributed by atoms with Crippen LogP contribution in [0.2, 0.25) is 0 Å². The SMILES string of the molecule is CCCCN(C)C(=O)c1cnc(Nc2ccc(C)c(Br)c2)nc1. The molecule has 1 aromatic heterocycles. The number of anilines is 2. The van der Waals surface area contributed by atoms with Crippen LogP contribution < -0.4 is 5.32 Å². The van der Waals surface area contributed by atoms with E-state index in [9.17, 15) is 4.79 Å². The Labute approximate surface area is 145 Å². The Morgan fingerprint density at radius 2 is 2.00 bits per heavy atom. The second-order valence-electron chi connectivity index (χ2n) is 5.46. The second kappa shape index (κ2) is 8.06. The molecule has 1 aromatic carbocycles. The van der Waals surface area contributed by atoms with Gasteiger partial charge in [-0.2, -0.15) is 0 Å². The Hall–Kier alpha value is -1.95. The number of nitrogens with zero attached hydrogens (tertiary/aromatic N) is 3. The van der Waals surface area contributed by atoms with Crippen molar-refractivity contribution in [1.82, 2.24) is 14.9 Å². The van der Waals surface area contributed by atoms with E-state index in [1.807, 2.05) is 25.1 Å². The molecule has 0 aliphatic carbocycles. The number of hydrogen-bond acceptors (Lipinski definition) is 4. The van der Waals surface area contributed by atoms with Crippen molar-refractivity contribution in [3.05, 3.63) is 46.2 Å². The van der Waals surface area contributed by atoms with Crippen LogP contribution in [0.25, 0.3) is 0 Å². The van der Waals surface area contributed by atoms with Gasteiger partial charge in [0.2, 0.25) is 5.95 Å². The Balaban J connectivity index is 2.04. The highest BCUT2D eigenvalue weighted by Gasteiger charge is 2.12. The van der Waals surface area contributed by atoms with Crippen molar-refractivity contribution in [2.75, 3.05) is 18.9 Å². The van der Waals surface area contributed by atoms with Crippen LogP contribution in [0.4, 0.5) is 11.6 Å². The fourth-order valence-electron chi connectivity index (χ4n) is 2.02. The Bertz CT molecular complexity index is 673. The highest BCUT2D eigenvalue weighted by Crippen LogP contribution is 2.22. The van der Waals surface area contributed by atoms with Crippen LogP contribution in [0.3, 0.4) is 0 Å². The molecule has 0 aliphatic rings. The maximum Gasteiger partial charge on any atom is 0.256 e. The molecule has 2 rings (SSSR count). The van der Waals surface area contributed by atoms with E-state index < -0.39 is 0 Å². The summed E-state index contributed by atoms with van der Waals surface area (Å²) in [6, 6.07) is 5.93. The van der Waals surface area contributed by atoms with Crippen LogP contribution >= 0.6 is 15.9 Å². The first-order valence-electron chi connectivity index (χ1n) is 7.62. The van der Waals surface area contributed by atoms with Gasteiger partial charge in [-0.1, -0.05) is 35.3 Å². The van der Waals surface area contributed by atoms with Gasteiger partial charge in [-0.25, -0.2) is 9.97 Å². The average molecular weight is 377 g/mol. The molecule has 5 nitrogen and oxygen atoms in total. The van der Waals surface area contributed by atoms with Crippen LogP contribution in [0, 0.1) is 6.92 Å². The molecule has 23 heavy (non-hydrogen) atoms. The number of carbonyl (C=O) groups excluding carboxylic acids is 1. The molecule has 2 aromatic rings. The van der Waals surface area contributed by atoms with Crippen LogP contribution in [0.1, 0.15) is 35.7 Å². The van der Waals surface area contributed by atoms with Crippen molar-refractivity contribution < 1.29 is 4.79 Å². The molecule has 0 saturated carbocycles. The predicted molar refractivity (Wildman–Crippen MR) is 96.1 cm³/mol. The van der Waals surface area contributed by atoms with Crippen molar-refractivity contribution in [1.29, 1.82) is 0 Å². The van der Waals surface area contributed by atoms with Gasteiger partial charge in [0.15, 0.2) is 0 Å². The molecular formula is C17H21BrN4O. The number of aryl methyl sites for hydroxylation is 1. The summed E-state index contributed by atoms with van der Waals surface area (Å²) in [7, 11) is 1.80. The molecule has 0 atom stereocenters. The Kier molecular flexibility index (Phi) is 6.10. The molecule has 0 fully saturated rings. The first kappa shape index (κ1) is 17.4. The van der Waals surface area contributed by atoms with E-state index in [0.717, 1.165) is 35.1 Å². The van der Waals surface area contributed by atoms with Crippen LogP contribution in [0.5, 0.6) is 0 Å². The van der Waals surface area contributed by atoms with E-state index in [1.54, 1.807) is 24.3 Å². The molecular weight excluding hydrogens is 356 g/mol. The van der Waals surface area contributed by atoms with Crippen molar-refractivity contribution in [2.24, 2.45) is 0 Å². The van der Waals surface area contributed by atoms with E-state index >= 15 is 0 Å². The summed E-state index contributed by atoms with van der Waals surface area (Å²) >= 11 is 3.50. The summed E-state index contributed by atoms with van der Waals surface area (Å²) in [6.07, 6.45) is 5.17. The van der Waals surface area contributed by atoms with Gasteiger partial charge in [-0.3, -0.25) is 4.79 Å². The van der Waals surface area contributed by atoms with E-state index in [0.29, 0.717) is 11.5 Å². The molecule has 0 aliphatic heterocycles. The van der Waals surface area contributed by atoms with E-state index in [2.05, 4.69) is 38.1 Å². The largest absolute Gasteiger partial charge is 0.342 e. The topological polar surface area (TPSA) is 58.1 Å². The summed E-state index contributed by atoms with van der Waals surface area (Å²) in [5.74, 6) is 0.414. The first-order chi connectivity index (χ1) is 11.0. The molecule has 1 heterocycles. The Morgan fingerprint density at radius 3 is 2.61 bits per heavy atom. The van der Waals surface area contributed by atoms with Crippen LogP contribution in [0.15, 0.2) is 35.1 Å². The van der Waals surface area contributed by atoms with Gasteiger partial charge < -0.3 is 10.2 Å². The lowest BCUT2D eigenvalue weighted by atomic mass is 10.2. The van der Waals surface area contributed by atoms with Gasteiger partial charge in [-0.15, -0.1) is 0 Å². The van der Waals surface area contributed by atoms with Crippen molar-refractivity contribution >= 4 is 33.5 Å². The zero-order valence-electron chi connectivity index (χ0n) is 13.6. The van der Waals surface area contributed by atoms with Gasteiger partial charge in [-0.05, 0) is 31.0 Å². The van der Waals surface area contributed by atoms with Gasteiger partial charge in [0.25, 0.3) is 5.91 Å². The number of nitrogens with one attached hydrogen (secondary N) is 1. The number of amides is 1. The van der Waals surface area contributed by atoms with Crippen molar-refractivity contribution in [2.45, 2.75) is 26.7 Å². The summed E-state index contributed by atoms with van der Waals surface area (Å²) in [6.45, 7) is 4.87. The van der Waals surface area contributed by atoms with Crippen molar-refractivity contribution in [3.63, 3.8) is 0 Å². The molecule has 122 valence electrons. The molecule has 0 saturated heterocycles. The third-order valence-electron chi connectivity index (χ3n) is 3.52.